The number of thioether (sulfide) groups is 1. The number of aryl methyl sites for hydroxylation is 1. The number of nitrogens with zero attached hydrogens (tertiary/aromatic N) is 3. The molecule has 0 fully saturated rings. The van der Waals surface area contributed by atoms with Gasteiger partial charge in [-0.1, -0.05) is 53.7 Å². The third-order valence-electron chi connectivity index (χ3n) is 4.51. The van der Waals surface area contributed by atoms with E-state index in [1.54, 1.807) is 0 Å². The Kier molecular flexibility index (Phi) is 6.09. The van der Waals surface area contributed by atoms with Gasteiger partial charge in [-0.3, -0.25) is 4.57 Å². The van der Waals surface area contributed by atoms with Gasteiger partial charge in [0.15, 0.2) is 11.0 Å². The van der Waals surface area contributed by atoms with Gasteiger partial charge in [-0.25, -0.2) is 8.78 Å². The van der Waals surface area contributed by atoms with Crippen molar-refractivity contribution in [3.05, 3.63) is 101 Å². The molecule has 1 heterocycles. The van der Waals surface area contributed by atoms with Crippen LogP contribution in [0.3, 0.4) is 0 Å². The van der Waals surface area contributed by atoms with Crippen molar-refractivity contribution in [1.29, 1.82) is 0 Å². The smallest absolute Gasteiger partial charge is 0.196 e. The fraction of sp³-hybridized carbons (Fsp3) is 0.130. The highest BCUT2D eigenvalue weighted by atomic mass is 32.2. The number of para-hydroxylation sites is 1. The van der Waals surface area contributed by atoms with Crippen LogP contribution in [0.1, 0.15) is 17.0 Å². The Bertz CT molecular complexity index is 1110. The van der Waals surface area contributed by atoms with Gasteiger partial charge in [0.2, 0.25) is 0 Å². The minimum atomic E-state index is -0.573. The van der Waals surface area contributed by atoms with Crippen LogP contribution in [-0.2, 0) is 12.4 Å². The quantitative estimate of drug-likeness (QED) is 0.356. The zero-order valence-corrected chi connectivity index (χ0v) is 17.1. The topological polar surface area (TPSA) is 39.9 Å². The maximum Gasteiger partial charge on any atom is 0.196 e. The molecule has 0 atom stereocenters. The fourth-order valence-electron chi connectivity index (χ4n) is 2.91. The third kappa shape index (κ3) is 4.52. The molecular formula is C23H19F2N3OS. The Labute approximate surface area is 177 Å². The Morgan fingerprint density at radius 1 is 0.867 bits per heavy atom. The summed E-state index contributed by atoms with van der Waals surface area (Å²) < 4.78 is 35.7. The van der Waals surface area contributed by atoms with Crippen LogP contribution in [0.2, 0.25) is 0 Å². The van der Waals surface area contributed by atoms with Gasteiger partial charge in [0, 0.05) is 17.0 Å². The first-order valence-electron chi connectivity index (χ1n) is 9.36. The third-order valence-corrected chi connectivity index (χ3v) is 5.47. The van der Waals surface area contributed by atoms with Gasteiger partial charge in [-0.2, -0.15) is 0 Å². The summed E-state index contributed by atoms with van der Waals surface area (Å²) >= 11 is 1.22. The van der Waals surface area contributed by atoms with E-state index in [0.717, 1.165) is 17.0 Å². The van der Waals surface area contributed by atoms with Crippen LogP contribution in [0.4, 0.5) is 8.78 Å². The molecule has 4 rings (SSSR count). The van der Waals surface area contributed by atoms with Crippen molar-refractivity contribution in [1.82, 2.24) is 14.8 Å². The van der Waals surface area contributed by atoms with Crippen LogP contribution in [0.25, 0.3) is 5.69 Å². The molecule has 0 saturated carbocycles. The second kappa shape index (κ2) is 9.09. The van der Waals surface area contributed by atoms with Crippen LogP contribution >= 0.6 is 11.8 Å². The number of hydrogen-bond acceptors (Lipinski definition) is 4. The normalized spacial score (nSPS) is 10.9. The van der Waals surface area contributed by atoms with E-state index in [-0.39, 0.29) is 17.9 Å². The van der Waals surface area contributed by atoms with E-state index in [4.69, 9.17) is 4.74 Å². The van der Waals surface area contributed by atoms with Crippen LogP contribution in [0.15, 0.2) is 78.0 Å². The van der Waals surface area contributed by atoms with E-state index in [2.05, 4.69) is 10.2 Å². The predicted molar refractivity (Wildman–Crippen MR) is 113 cm³/mol. The highest BCUT2D eigenvalue weighted by molar-refractivity contribution is 7.98. The van der Waals surface area contributed by atoms with Gasteiger partial charge in [-0.05, 0) is 43.3 Å². The summed E-state index contributed by atoms with van der Waals surface area (Å²) in [5, 5.41) is 9.04. The lowest BCUT2D eigenvalue weighted by molar-refractivity contribution is 0.292. The molecule has 152 valence electrons. The van der Waals surface area contributed by atoms with Crippen LogP contribution in [0, 0.1) is 18.6 Å². The maximum absolute atomic E-state index is 14.0. The zero-order valence-electron chi connectivity index (χ0n) is 16.3. The number of halogens is 2. The van der Waals surface area contributed by atoms with Crippen molar-refractivity contribution in [2.24, 2.45) is 0 Å². The lowest BCUT2D eigenvalue weighted by Gasteiger charge is -2.11. The summed E-state index contributed by atoms with van der Waals surface area (Å²) in [4.78, 5) is 0. The molecule has 1 aromatic heterocycles. The summed E-state index contributed by atoms with van der Waals surface area (Å²) in [5.74, 6) is 0.277. The van der Waals surface area contributed by atoms with Crippen molar-refractivity contribution >= 4 is 11.8 Å². The molecule has 0 spiro atoms. The Hall–Kier alpha value is -3.19. The number of aromatic nitrogens is 3. The van der Waals surface area contributed by atoms with E-state index >= 15 is 0 Å². The van der Waals surface area contributed by atoms with Gasteiger partial charge in [0.05, 0.1) is 0 Å². The highest BCUT2D eigenvalue weighted by Crippen LogP contribution is 2.28. The van der Waals surface area contributed by atoms with E-state index in [0.29, 0.717) is 11.0 Å². The van der Waals surface area contributed by atoms with Crippen molar-refractivity contribution in [3.8, 4) is 11.4 Å². The molecular weight excluding hydrogens is 404 g/mol. The van der Waals surface area contributed by atoms with Crippen LogP contribution in [-0.4, -0.2) is 14.8 Å². The Morgan fingerprint density at radius 3 is 2.27 bits per heavy atom. The number of rotatable bonds is 7. The first kappa shape index (κ1) is 20.1. The molecule has 4 aromatic rings. The molecule has 0 aliphatic rings. The van der Waals surface area contributed by atoms with E-state index in [9.17, 15) is 8.78 Å². The van der Waals surface area contributed by atoms with E-state index < -0.39 is 11.6 Å². The monoisotopic (exact) mass is 423 g/mol. The van der Waals surface area contributed by atoms with Gasteiger partial charge in [0.1, 0.15) is 24.0 Å². The summed E-state index contributed by atoms with van der Waals surface area (Å²) in [5.41, 5.74) is 2.01. The first-order valence-corrected chi connectivity index (χ1v) is 10.4. The summed E-state index contributed by atoms with van der Waals surface area (Å²) in [6, 6.07) is 21.2. The van der Waals surface area contributed by atoms with Gasteiger partial charge < -0.3 is 4.74 Å². The number of ether oxygens (including phenoxy) is 1. The molecule has 0 aliphatic carbocycles. The number of hydrogen-bond donors (Lipinski definition) is 0. The standard InChI is InChI=1S/C23H19F2N3OS/c1-16-10-12-18(13-11-16)29-14-22-26-27-23(28(22)17-6-3-2-4-7-17)30-15-19-20(24)8-5-9-21(19)25/h2-13H,14-15H2,1H3. The minimum absolute atomic E-state index is 0.0163. The highest BCUT2D eigenvalue weighted by Gasteiger charge is 2.17. The van der Waals surface area contributed by atoms with Gasteiger partial charge >= 0.3 is 0 Å². The van der Waals surface area contributed by atoms with E-state index in [1.807, 2.05) is 66.1 Å². The summed E-state index contributed by atoms with van der Waals surface area (Å²) in [6.45, 7) is 2.22. The average Bonchev–Trinajstić information content (AvgIpc) is 3.16. The molecule has 0 aliphatic heterocycles. The van der Waals surface area contributed by atoms with Crippen molar-refractivity contribution < 1.29 is 13.5 Å². The van der Waals surface area contributed by atoms with Gasteiger partial charge in [0.25, 0.3) is 0 Å². The SMILES string of the molecule is Cc1ccc(OCc2nnc(SCc3c(F)cccc3F)n2-c2ccccc2)cc1. The summed E-state index contributed by atoms with van der Waals surface area (Å²) in [6.07, 6.45) is 0. The lowest BCUT2D eigenvalue weighted by atomic mass is 10.2. The van der Waals surface area contributed by atoms with Gasteiger partial charge in [-0.15, -0.1) is 10.2 Å². The van der Waals surface area contributed by atoms with Crippen LogP contribution < -0.4 is 4.74 Å². The molecule has 0 unspecified atom stereocenters. The zero-order chi connectivity index (χ0) is 20.9. The molecule has 7 heteroatoms. The molecule has 0 N–H and O–H groups in total. The minimum Gasteiger partial charge on any atom is -0.486 e. The Balaban J connectivity index is 1.60. The van der Waals surface area contributed by atoms with Crippen LogP contribution in [0.5, 0.6) is 5.75 Å². The molecule has 3 aromatic carbocycles. The van der Waals surface area contributed by atoms with Crippen molar-refractivity contribution in [3.63, 3.8) is 0 Å². The largest absolute Gasteiger partial charge is 0.486 e. The molecule has 0 amide bonds. The average molecular weight is 423 g/mol. The second-order valence-electron chi connectivity index (χ2n) is 6.66. The molecule has 0 bridgehead atoms. The van der Waals surface area contributed by atoms with E-state index in [1.165, 1.54) is 30.0 Å². The second-order valence-corrected chi connectivity index (χ2v) is 7.60. The maximum atomic E-state index is 14.0. The Morgan fingerprint density at radius 2 is 1.57 bits per heavy atom. The molecule has 0 radical (unpaired) electrons. The van der Waals surface area contributed by atoms with Crippen molar-refractivity contribution in [2.45, 2.75) is 24.4 Å². The fourth-order valence-corrected chi connectivity index (χ4v) is 3.90. The van der Waals surface area contributed by atoms with Crippen molar-refractivity contribution in [2.75, 3.05) is 0 Å². The first-order chi connectivity index (χ1) is 14.6. The number of benzene rings is 3. The predicted octanol–water partition coefficient (Wildman–Crippen LogP) is 5.73. The molecule has 30 heavy (non-hydrogen) atoms. The molecule has 4 nitrogen and oxygen atoms in total. The molecule has 0 saturated heterocycles. The summed E-state index contributed by atoms with van der Waals surface area (Å²) in [7, 11) is 0. The lowest BCUT2D eigenvalue weighted by Crippen LogP contribution is -2.06.